The van der Waals surface area contributed by atoms with E-state index >= 15 is 0 Å². The van der Waals surface area contributed by atoms with Gasteiger partial charge in [-0.1, -0.05) is 6.08 Å². The van der Waals surface area contributed by atoms with Crippen molar-refractivity contribution in [2.45, 2.75) is 6.42 Å². The molecule has 0 bridgehead atoms. The topological polar surface area (TPSA) is 72.3 Å². The summed E-state index contributed by atoms with van der Waals surface area (Å²) in [4.78, 5) is 20.0. The number of aromatic carboxylic acids is 1. The third kappa shape index (κ3) is 2.44. The molecule has 1 N–H and O–H groups in total. The first kappa shape index (κ1) is 13.2. The van der Waals surface area contributed by atoms with Crippen molar-refractivity contribution in [3.63, 3.8) is 0 Å². The van der Waals surface area contributed by atoms with Gasteiger partial charge in [0.2, 0.25) is 0 Å². The summed E-state index contributed by atoms with van der Waals surface area (Å²) in [6.45, 7) is 1.25. The zero-order chi connectivity index (χ0) is 14.1. The van der Waals surface area contributed by atoms with Crippen molar-refractivity contribution in [2.24, 2.45) is 0 Å². The first-order valence-corrected chi connectivity index (χ1v) is 6.91. The molecule has 0 radical (unpaired) electrons. The van der Waals surface area contributed by atoms with Gasteiger partial charge in [-0.15, -0.1) is 0 Å². The number of fused-ring (bicyclic) bond motifs is 1. The Kier molecular flexibility index (Phi) is 3.50. The molecule has 3 rings (SSSR count). The molecule has 0 atom stereocenters. The number of rotatable bonds is 2. The molecule has 1 aromatic carbocycles. The van der Waals surface area contributed by atoms with Crippen molar-refractivity contribution < 1.29 is 14.6 Å². The number of carboxylic acids is 1. The van der Waals surface area contributed by atoms with Gasteiger partial charge in [0.25, 0.3) is 0 Å². The Morgan fingerprint density at radius 1 is 1.40 bits per heavy atom. The van der Waals surface area contributed by atoms with Crippen LogP contribution in [0.5, 0.6) is 0 Å². The fourth-order valence-electron chi connectivity index (χ4n) is 2.12. The molecule has 2 heterocycles. The predicted molar refractivity (Wildman–Crippen MR) is 77.6 cm³/mol. The highest BCUT2D eigenvalue weighted by Gasteiger charge is 2.13. The molecule has 5 nitrogen and oxygen atoms in total. The van der Waals surface area contributed by atoms with Gasteiger partial charge in [0.1, 0.15) is 5.52 Å². The monoisotopic (exact) mass is 334 g/mol. The first-order chi connectivity index (χ1) is 9.65. The standard InChI is InChI=1S/C14H11BrN2O3/c15-10-5-9(14(18)19)6-11-13(10)16-7-12(17-11)8-1-3-20-4-2-8/h1,5-7H,2-4H2,(H,18,19). The van der Waals surface area contributed by atoms with Crippen LogP contribution in [0.25, 0.3) is 16.6 Å². The normalized spacial score (nSPS) is 15.2. The zero-order valence-corrected chi connectivity index (χ0v) is 12.1. The molecule has 0 fully saturated rings. The van der Waals surface area contributed by atoms with E-state index in [1.165, 1.54) is 6.07 Å². The van der Waals surface area contributed by atoms with E-state index in [-0.39, 0.29) is 5.56 Å². The predicted octanol–water partition coefficient (Wildman–Crippen LogP) is 2.89. The third-order valence-electron chi connectivity index (χ3n) is 3.14. The molecule has 6 heteroatoms. The molecule has 0 unspecified atom stereocenters. The molecule has 1 aromatic heterocycles. The van der Waals surface area contributed by atoms with Gasteiger partial charge in [0.15, 0.2) is 0 Å². The number of hydrogen-bond acceptors (Lipinski definition) is 4. The second-order valence-corrected chi connectivity index (χ2v) is 5.29. The van der Waals surface area contributed by atoms with Crippen LogP contribution in [0.2, 0.25) is 0 Å². The Hall–Kier alpha value is -1.79. The minimum absolute atomic E-state index is 0.191. The number of carboxylic acid groups (broad SMARTS) is 1. The second-order valence-electron chi connectivity index (χ2n) is 4.44. The van der Waals surface area contributed by atoms with Crippen LogP contribution in [-0.2, 0) is 4.74 Å². The lowest BCUT2D eigenvalue weighted by molar-refractivity contribution is 0.0697. The molecule has 102 valence electrons. The Morgan fingerprint density at radius 3 is 2.95 bits per heavy atom. The van der Waals surface area contributed by atoms with E-state index < -0.39 is 5.97 Å². The lowest BCUT2D eigenvalue weighted by Gasteiger charge is -2.13. The Labute approximate surface area is 123 Å². The molecule has 0 amide bonds. The maximum Gasteiger partial charge on any atom is 0.335 e. The van der Waals surface area contributed by atoms with E-state index in [2.05, 4.69) is 25.9 Å². The summed E-state index contributed by atoms with van der Waals surface area (Å²) in [6.07, 6.45) is 4.49. The summed E-state index contributed by atoms with van der Waals surface area (Å²) in [7, 11) is 0. The van der Waals surface area contributed by atoms with E-state index in [4.69, 9.17) is 9.84 Å². The first-order valence-electron chi connectivity index (χ1n) is 6.12. The summed E-state index contributed by atoms with van der Waals surface area (Å²) >= 11 is 3.34. The summed E-state index contributed by atoms with van der Waals surface area (Å²) < 4.78 is 5.90. The van der Waals surface area contributed by atoms with Gasteiger partial charge < -0.3 is 9.84 Å². The fraction of sp³-hybridized carbons (Fsp3) is 0.214. The van der Waals surface area contributed by atoms with Crippen LogP contribution in [0.1, 0.15) is 22.5 Å². The quantitative estimate of drug-likeness (QED) is 0.914. The fourth-order valence-corrected chi connectivity index (χ4v) is 2.67. The number of carbonyl (C=O) groups is 1. The van der Waals surface area contributed by atoms with Crippen molar-refractivity contribution in [3.05, 3.63) is 40.1 Å². The van der Waals surface area contributed by atoms with Gasteiger partial charge >= 0.3 is 5.97 Å². The average molecular weight is 335 g/mol. The van der Waals surface area contributed by atoms with Crippen molar-refractivity contribution in [1.82, 2.24) is 9.97 Å². The SMILES string of the molecule is O=C(O)c1cc(Br)c2ncc(C3=CCOCC3)nc2c1. The van der Waals surface area contributed by atoms with Crippen LogP contribution >= 0.6 is 15.9 Å². The van der Waals surface area contributed by atoms with E-state index in [1.54, 1.807) is 12.3 Å². The minimum atomic E-state index is -0.981. The second kappa shape index (κ2) is 5.30. The molecule has 0 spiro atoms. The average Bonchev–Trinajstić information content (AvgIpc) is 2.47. The highest BCUT2D eigenvalue weighted by Crippen LogP contribution is 2.26. The minimum Gasteiger partial charge on any atom is -0.478 e. The van der Waals surface area contributed by atoms with Crippen LogP contribution in [0, 0.1) is 0 Å². The molecule has 1 aliphatic rings. The number of hydrogen-bond donors (Lipinski definition) is 1. The van der Waals surface area contributed by atoms with Crippen molar-refractivity contribution in [1.29, 1.82) is 0 Å². The number of halogens is 1. The summed E-state index contributed by atoms with van der Waals surface area (Å²) in [5.74, 6) is -0.981. The molecule has 2 aromatic rings. The smallest absolute Gasteiger partial charge is 0.335 e. The van der Waals surface area contributed by atoms with Crippen LogP contribution < -0.4 is 0 Å². The number of ether oxygens (including phenoxy) is 1. The van der Waals surface area contributed by atoms with E-state index in [0.717, 1.165) is 17.7 Å². The molecular formula is C14H11BrN2O3. The van der Waals surface area contributed by atoms with E-state index in [1.807, 2.05) is 6.08 Å². The Morgan fingerprint density at radius 2 is 2.25 bits per heavy atom. The van der Waals surface area contributed by atoms with Gasteiger partial charge in [0.05, 0.1) is 36.2 Å². The Balaban J connectivity index is 2.14. The van der Waals surface area contributed by atoms with E-state index in [0.29, 0.717) is 28.7 Å². The van der Waals surface area contributed by atoms with Crippen LogP contribution in [0.3, 0.4) is 0 Å². The van der Waals surface area contributed by atoms with Gasteiger partial charge in [-0.2, -0.15) is 0 Å². The van der Waals surface area contributed by atoms with Gasteiger partial charge in [-0.05, 0) is 40.1 Å². The molecule has 0 saturated carbocycles. The summed E-state index contributed by atoms with van der Waals surface area (Å²) in [5.41, 5.74) is 3.28. The molecular weight excluding hydrogens is 324 g/mol. The summed E-state index contributed by atoms with van der Waals surface area (Å²) in [5, 5.41) is 9.09. The van der Waals surface area contributed by atoms with Crippen LogP contribution in [0.4, 0.5) is 0 Å². The maximum absolute atomic E-state index is 11.1. The van der Waals surface area contributed by atoms with Crippen molar-refractivity contribution in [3.8, 4) is 0 Å². The summed E-state index contributed by atoms with van der Waals surface area (Å²) in [6, 6.07) is 3.07. The highest BCUT2D eigenvalue weighted by molar-refractivity contribution is 9.10. The molecule has 20 heavy (non-hydrogen) atoms. The third-order valence-corrected chi connectivity index (χ3v) is 3.74. The zero-order valence-electron chi connectivity index (χ0n) is 10.5. The number of aromatic nitrogens is 2. The lowest BCUT2D eigenvalue weighted by Crippen LogP contribution is -2.05. The largest absolute Gasteiger partial charge is 0.478 e. The van der Waals surface area contributed by atoms with E-state index in [9.17, 15) is 4.79 Å². The molecule has 0 saturated heterocycles. The molecule has 0 aliphatic carbocycles. The van der Waals surface area contributed by atoms with Gasteiger partial charge in [0, 0.05) is 4.47 Å². The van der Waals surface area contributed by atoms with Crippen molar-refractivity contribution >= 4 is 38.5 Å². The van der Waals surface area contributed by atoms with Crippen molar-refractivity contribution in [2.75, 3.05) is 13.2 Å². The van der Waals surface area contributed by atoms with Crippen LogP contribution in [-0.4, -0.2) is 34.3 Å². The Bertz CT molecular complexity index is 728. The lowest BCUT2D eigenvalue weighted by atomic mass is 10.1. The molecule has 1 aliphatic heterocycles. The number of nitrogens with zero attached hydrogens (tertiary/aromatic N) is 2. The highest BCUT2D eigenvalue weighted by atomic mass is 79.9. The number of benzene rings is 1. The van der Waals surface area contributed by atoms with Crippen LogP contribution in [0.15, 0.2) is 28.9 Å². The van der Waals surface area contributed by atoms with Gasteiger partial charge in [-0.25, -0.2) is 9.78 Å². The van der Waals surface area contributed by atoms with Gasteiger partial charge in [-0.3, -0.25) is 4.98 Å². The maximum atomic E-state index is 11.1.